The molecular formula is C19H41N. The van der Waals surface area contributed by atoms with Gasteiger partial charge in [0.05, 0.1) is 0 Å². The molecule has 0 saturated carbocycles. The van der Waals surface area contributed by atoms with Gasteiger partial charge in [-0.1, -0.05) is 98.3 Å². The molecule has 0 fully saturated rings. The van der Waals surface area contributed by atoms with E-state index in [1.807, 2.05) is 0 Å². The second-order valence-corrected chi connectivity index (χ2v) is 6.73. The SMILES string of the molecule is CCCCCCCCCCCCCC(NCC)C(C)C. The monoisotopic (exact) mass is 283 g/mol. The number of nitrogens with one attached hydrogen (secondary N) is 1. The average molecular weight is 284 g/mol. The normalized spacial score (nSPS) is 13.1. The third-order valence-electron chi connectivity index (χ3n) is 4.39. The van der Waals surface area contributed by atoms with E-state index in [2.05, 4.69) is 33.0 Å². The molecule has 0 aliphatic rings. The van der Waals surface area contributed by atoms with Crippen molar-refractivity contribution in [1.29, 1.82) is 0 Å². The fourth-order valence-electron chi connectivity index (χ4n) is 2.96. The molecular weight excluding hydrogens is 242 g/mol. The summed E-state index contributed by atoms with van der Waals surface area (Å²) >= 11 is 0. The van der Waals surface area contributed by atoms with E-state index in [9.17, 15) is 0 Å². The summed E-state index contributed by atoms with van der Waals surface area (Å²) in [6.07, 6.45) is 17.2. The first-order valence-electron chi connectivity index (χ1n) is 9.45. The summed E-state index contributed by atoms with van der Waals surface area (Å²) in [6.45, 7) is 10.3. The molecule has 1 atom stereocenters. The maximum absolute atomic E-state index is 3.62. The van der Waals surface area contributed by atoms with Gasteiger partial charge in [-0.05, 0) is 18.9 Å². The van der Waals surface area contributed by atoms with Crippen LogP contribution in [0.15, 0.2) is 0 Å². The molecule has 0 aromatic carbocycles. The van der Waals surface area contributed by atoms with Crippen LogP contribution >= 0.6 is 0 Å². The van der Waals surface area contributed by atoms with E-state index in [1.165, 1.54) is 77.0 Å². The lowest BCUT2D eigenvalue weighted by atomic mass is 9.97. The van der Waals surface area contributed by atoms with Gasteiger partial charge in [0.1, 0.15) is 0 Å². The highest BCUT2D eigenvalue weighted by molar-refractivity contribution is 4.69. The molecule has 20 heavy (non-hydrogen) atoms. The molecule has 1 unspecified atom stereocenters. The van der Waals surface area contributed by atoms with Crippen molar-refractivity contribution in [3.8, 4) is 0 Å². The van der Waals surface area contributed by atoms with E-state index < -0.39 is 0 Å². The van der Waals surface area contributed by atoms with E-state index in [4.69, 9.17) is 0 Å². The molecule has 0 saturated heterocycles. The van der Waals surface area contributed by atoms with Crippen LogP contribution in [0.4, 0.5) is 0 Å². The third-order valence-corrected chi connectivity index (χ3v) is 4.39. The summed E-state index contributed by atoms with van der Waals surface area (Å²) in [6, 6.07) is 0.735. The van der Waals surface area contributed by atoms with E-state index in [-0.39, 0.29) is 0 Å². The highest BCUT2D eigenvalue weighted by Crippen LogP contribution is 2.14. The van der Waals surface area contributed by atoms with Gasteiger partial charge in [0.15, 0.2) is 0 Å². The van der Waals surface area contributed by atoms with Crippen molar-refractivity contribution in [3.63, 3.8) is 0 Å². The fraction of sp³-hybridized carbons (Fsp3) is 1.00. The second-order valence-electron chi connectivity index (χ2n) is 6.73. The number of hydrogen-bond acceptors (Lipinski definition) is 1. The highest BCUT2D eigenvalue weighted by Gasteiger charge is 2.10. The second kappa shape index (κ2) is 15.4. The van der Waals surface area contributed by atoms with Crippen molar-refractivity contribution in [2.45, 2.75) is 111 Å². The van der Waals surface area contributed by atoms with Crippen LogP contribution < -0.4 is 5.32 Å². The predicted octanol–water partition coefficient (Wildman–Crippen LogP) is 6.32. The zero-order valence-electron chi connectivity index (χ0n) is 14.8. The summed E-state index contributed by atoms with van der Waals surface area (Å²) in [4.78, 5) is 0. The van der Waals surface area contributed by atoms with Crippen molar-refractivity contribution in [3.05, 3.63) is 0 Å². The Balaban J connectivity index is 3.23. The summed E-state index contributed by atoms with van der Waals surface area (Å²) in [5.74, 6) is 0.776. The Kier molecular flexibility index (Phi) is 15.3. The summed E-state index contributed by atoms with van der Waals surface area (Å²) < 4.78 is 0. The van der Waals surface area contributed by atoms with Crippen LogP contribution in [0.5, 0.6) is 0 Å². The van der Waals surface area contributed by atoms with Gasteiger partial charge in [0, 0.05) is 6.04 Å². The maximum Gasteiger partial charge on any atom is 0.00899 e. The van der Waals surface area contributed by atoms with Crippen LogP contribution in [-0.2, 0) is 0 Å². The van der Waals surface area contributed by atoms with E-state index in [1.54, 1.807) is 0 Å². The Morgan fingerprint density at radius 2 is 1.10 bits per heavy atom. The first kappa shape index (κ1) is 20.0. The van der Waals surface area contributed by atoms with E-state index in [0.29, 0.717) is 0 Å². The molecule has 1 nitrogen and oxygen atoms in total. The molecule has 0 rings (SSSR count). The van der Waals surface area contributed by atoms with Crippen LogP contribution in [0.2, 0.25) is 0 Å². The zero-order chi connectivity index (χ0) is 15.1. The molecule has 0 heterocycles. The summed E-state index contributed by atoms with van der Waals surface area (Å²) in [5.41, 5.74) is 0. The molecule has 1 heteroatoms. The quantitative estimate of drug-likeness (QED) is 0.347. The van der Waals surface area contributed by atoms with E-state index in [0.717, 1.165) is 18.5 Å². The topological polar surface area (TPSA) is 12.0 Å². The van der Waals surface area contributed by atoms with Gasteiger partial charge in [0.25, 0.3) is 0 Å². The lowest BCUT2D eigenvalue weighted by molar-refractivity contribution is 0.370. The Hall–Kier alpha value is -0.0400. The first-order valence-corrected chi connectivity index (χ1v) is 9.45. The molecule has 0 aliphatic carbocycles. The van der Waals surface area contributed by atoms with Crippen molar-refractivity contribution >= 4 is 0 Å². The largest absolute Gasteiger partial charge is 0.314 e. The lowest BCUT2D eigenvalue weighted by Gasteiger charge is -2.21. The van der Waals surface area contributed by atoms with Gasteiger partial charge >= 0.3 is 0 Å². The predicted molar refractivity (Wildman–Crippen MR) is 93.4 cm³/mol. The Morgan fingerprint density at radius 3 is 1.50 bits per heavy atom. The minimum atomic E-state index is 0.735. The molecule has 0 aliphatic heterocycles. The molecule has 0 aromatic heterocycles. The van der Waals surface area contributed by atoms with Gasteiger partial charge in [-0.25, -0.2) is 0 Å². The maximum atomic E-state index is 3.62. The van der Waals surface area contributed by atoms with Gasteiger partial charge in [0.2, 0.25) is 0 Å². The van der Waals surface area contributed by atoms with Gasteiger partial charge in [-0.2, -0.15) is 0 Å². The Bertz CT molecular complexity index is 177. The van der Waals surface area contributed by atoms with Crippen LogP contribution in [0.25, 0.3) is 0 Å². The fourth-order valence-corrected chi connectivity index (χ4v) is 2.96. The average Bonchev–Trinajstić information content (AvgIpc) is 2.43. The van der Waals surface area contributed by atoms with Crippen LogP contribution in [0, 0.1) is 5.92 Å². The van der Waals surface area contributed by atoms with Crippen molar-refractivity contribution < 1.29 is 0 Å². The van der Waals surface area contributed by atoms with Gasteiger partial charge in [-0.15, -0.1) is 0 Å². The minimum absolute atomic E-state index is 0.735. The number of hydrogen-bond donors (Lipinski definition) is 1. The molecule has 0 radical (unpaired) electrons. The Morgan fingerprint density at radius 1 is 0.650 bits per heavy atom. The molecule has 0 bridgehead atoms. The minimum Gasteiger partial charge on any atom is -0.314 e. The molecule has 0 aromatic rings. The van der Waals surface area contributed by atoms with Crippen LogP contribution in [-0.4, -0.2) is 12.6 Å². The summed E-state index contributed by atoms with van der Waals surface area (Å²) in [5, 5.41) is 3.62. The first-order chi connectivity index (χ1) is 9.72. The number of unbranched alkanes of at least 4 members (excludes halogenated alkanes) is 10. The van der Waals surface area contributed by atoms with Crippen molar-refractivity contribution in [2.75, 3.05) is 6.54 Å². The third kappa shape index (κ3) is 13.0. The number of rotatable bonds is 15. The van der Waals surface area contributed by atoms with E-state index >= 15 is 0 Å². The molecule has 1 N–H and O–H groups in total. The Labute approximate surface area is 129 Å². The smallest absolute Gasteiger partial charge is 0.00899 e. The molecule has 0 amide bonds. The highest BCUT2D eigenvalue weighted by atomic mass is 14.9. The van der Waals surface area contributed by atoms with Gasteiger partial charge < -0.3 is 5.32 Å². The molecule has 122 valence electrons. The lowest BCUT2D eigenvalue weighted by Crippen LogP contribution is -2.33. The van der Waals surface area contributed by atoms with Crippen molar-refractivity contribution in [2.24, 2.45) is 5.92 Å². The van der Waals surface area contributed by atoms with Gasteiger partial charge in [-0.3, -0.25) is 0 Å². The zero-order valence-corrected chi connectivity index (χ0v) is 14.8. The van der Waals surface area contributed by atoms with Crippen molar-refractivity contribution in [1.82, 2.24) is 5.32 Å². The van der Waals surface area contributed by atoms with Crippen LogP contribution in [0.1, 0.15) is 105 Å². The van der Waals surface area contributed by atoms with Crippen LogP contribution in [0.3, 0.4) is 0 Å². The summed E-state index contributed by atoms with van der Waals surface area (Å²) in [7, 11) is 0. The molecule has 0 spiro atoms. The standard InChI is InChI=1S/C19H41N/c1-5-7-8-9-10-11-12-13-14-15-16-17-19(18(3)4)20-6-2/h18-20H,5-17H2,1-4H3.